The molecule has 0 heterocycles. The van der Waals surface area contributed by atoms with Gasteiger partial charge in [0.15, 0.2) is 0 Å². The molecule has 0 aromatic heterocycles. The van der Waals surface area contributed by atoms with E-state index in [9.17, 15) is 5.26 Å². The van der Waals surface area contributed by atoms with E-state index < -0.39 is 0 Å². The number of hydrogen-bond acceptors (Lipinski definition) is 1. The fourth-order valence-electron chi connectivity index (χ4n) is 4.29. The van der Waals surface area contributed by atoms with Gasteiger partial charge in [-0.05, 0) is 80.3 Å². The van der Waals surface area contributed by atoms with Gasteiger partial charge in [0.2, 0.25) is 0 Å². The summed E-state index contributed by atoms with van der Waals surface area (Å²) >= 11 is 0. The molecular weight excluding hydrogens is 266 g/mol. The summed E-state index contributed by atoms with van der Waals surface area (Å²) in [6.45, 7) is 8.76. The maximum absolute atomic E-state index is 9.61. The summed E-state index contributed by atoms with van der Waals surface area (Å²) in [6, 6.07) is 2.48. The van der Waals surface area contributed by atoms with Gasteiger partial charge in [0.05, 0.1) is 11.6 Å². The van der Waals surface area contributed by atoms with Crippen molar-refractivity contribution in [3.63, 3.8) is 0 Å². The molecule has 2 aliphatic carbocycles. The second-order valence-electron chi connectivity index (χ2n) is 7.21. The monoisotopic (exact) mass is 297 g/mol. The topological polar surface area (TPSA) is 23.8 Å². The molecule has 0 amide bonds. The Hall–Kier alpha value is -1.29. The number of allylic oxidation sites excluding steroid dienone is 5. The van der Waals surface area contributed by atoms with Crippen LogP contribution >= 0.6 is 0 Å². The highest BCUT2D eigenvalue weighted by atomic mass is 14.3. The van der Waals surface area contributed by atoms with E-state index in [1.54, 1.807) is 0 Å². The van der Waals surface area contributed by atoms with Gasteiger partial charge in [0, 0.05) is 0 Å². The predicted molar refractivity (Wildman–Crippen MR) is 94.3 cm³/mol. The van der Waals surface area contributed by atoms with E-state index in [1.165, 1.54) is 44.1 Å². The molecule has 0 N–H and O–H groups in total. The summed E-state index contributed by atoms with van der Waals surface area (Å²) in [4.78, 5) is 0. The van der Waals surface area contributed by atoms with E-state index >= 15 is 0 Å². The van der Waals surface area contributed by atoms with Gasteiger partial charge in [0.25, 0.3) is 0 Å². The van der Waals surface area contributed by atoms with Crippen molar-refractivity contribution in [3.8, 4) is 6.07 Å². The Kier molecular flexibility index (Phi) is 6.49. The maximum atomic E-state index is 9.61. The molecule has 2 rings (SSSR count). The summed E-state index contributed by atoms with van der Waals surface area (Å²) in [5.74, 6) is 2.24. The van der Waals surface area contributed by atoms with Crippen LogP contribution in [0.2, 0.25) is 0 Å². The van der Waals surface area contributed by atoms with Crippen LogP contribution in [0.3, 0.4) is 0 Å². The molecule has 0 aromatic rings. The SMILES string of the molecule is C=C(CCC)/C(C#N)=C1/CCCC1CC(C)C1CC=CCC1. The predicted octanol–water partition coefficient (Wildman–Crippen LogP) is 6.35. The highest BCUT2D eigenvalue weighted by Crippen LogP contribution is 2.41. The van der Waals surface area contributed by atoms with E-state index in [4.69, 9.17) is 0 Å². The second kappa shape index (κ2) is 8.37. The van der Waals surface area contributed by atoms with Gasteiger partial charge < -0.3 is 0 Å². The first-order valence-electron chi connectivity index (χ1n) is 9.13. The van der Waals surface area contributed by atoms with Gasteiger partial charge in [0.1, 0.15) is 0 Å². The van der Waals surface area contributed by atoms with Crippen molar-refractivity contribution in [2.75, 3.05) is 0 Å². The number of rotatable bonds is 6. The molecule has 0 aromatic carbocycles. The fourth-order valence-corrected chi connectivity index (χ4v) is 4.29. The van der Waals surface area contributed by atoms with Crippen molar-refractivity contribution >= 4 is 0 Å². The first-order valence-corrected chi connectivity index (χ1v) is 9.13. The van der Waals surface area contributed by atoms with Gasteiger partial charge >= 0.3 is 0 Å². The molecule has 1 fully saturated rings. The van der Waals surface area contributed by atoms with Crippen LogP contribution in [0.1, 0.15) is 71.6 Å². The molecule has 2 aliphatic rings. The zero-order valence-corrected chi connectivity index (χ0v) is 14.4. The molecule has 0 saturated heterocycles. The molecule has 120 valence electrons. The zero-order valence-electron chi connectivity index (χ0n) is 14.4. The van der Waals surface area contributed by atoms with Crippen LogP contribution in [0.4, 0.5) is 0 Å². The Balaban J connectivity index is 2.07. The van der Waals surface area contributed by atoms with Crippen LogP contribution < -0.4 is 0 Å². The first-order chi connectivity index (χ1) is 10.7. The van der Waals surface area contributed by atoms with Crippen molar-refractivity contribution in [2.24, 2.45) is 17.8 Å². The van der Waals surface area contributed by atoms with E-state index in [-0.39, 0.29) is 0 Å². The lowest BCUT2D eigenvalue weighted by molar-refractivity contribution is 0.285. The highest BCUT2D eigenvalue weighted by molar-refractivity contribution is 5.45. The van der Waals surface area contributed by atoms with Crippen LogP contribution in [0.5, 0.6) is 0 Å². The first kappa shape index (κ1) is 17.1. The number of nitriles is 1. The molecule has 0 radical (unpaired) electrons. The van der Waals surface area contributed by atoms with Gasteiger partial charge in [-0.15, -0.1) is 0 Å². The molecule has 0 spiro atoms. The van der Waals surface area contributed by atoms with Crippen LogP contribution in [0.15, 0.2) is 35.5 Å². The Labute approximate surface area is 136 Å². The van der Waals surface area contributed by atoms with Crippen LogP contribution in [-0.2, 0) is 0 Å². The minimum atomic E-state index is 0.629. The Morgan fingerprint density at radius 1 is 1.41 bits per heavy atom. The third-order valence-corrected chi connectivity index (χ3v) is 5.60. The maximum Gasteiger partial charge on any atom is 0.0993 e. The van der Waals surface area contributed by atoms with E-state index in [1.807, 2.05) is 0 Å². The Morgan fingerprint density at radius 2 is 2.23 bits per heavy atom. The van der Waals surface area contributed by atoms with Crippen molar-refractivity contribution in [3.05, 3.63) is 35.5 Å². The average molecular weight is 297 g/mol. The Morgan fingerprint density at radius 3 is 2.86 bits per heavy atom. The van der Waals surface area contributed by atoms with Gasteiger partial charge in [-0.1, -0.05) is 39.0 Å². The third-order valence-electron chi connectivity index (χ3n) is 5.60. The van der Waals surface area contributed by atoms with Crippen molar-refractivity contribution in [2.45, 2.75) is 71.6 Å². The molecule has 1 saturated carbocycles. The van der Waals surface area contributed by atoms with Gasteiger partial charge in [-0.25, -0.2) is 0 Å². The van der Waals surface area contributed by atoms with E-state index in [2.05, 4.69) is 38.6 Å². The molecule has 1 nitrogen and oxygen atoms in total. The largest absolute Gasteiger partial charge is 0.192 e. The van der Waals surface area contributed by atoms with Gasteiger partial charge in [-0.3, -0.25) is 0 Å². The molecule has 1 heteroatoms. The summed E-state index contributed by atoms with van der Waals surface area (Å²) < 4.78 is 0. The molecular formula is C21H31N. The summed E-state index contributed by atoms with van der Waals surface area (Å²) in [5, 5.41) is 9.61. The lowest BCUT2D eigenvalue weighted by atomic mass is 9.77. The van der Waals surface area contributed by atoms with Crippen molar-refractivity contribution in [1.82, 2.24) is 0 Å². The standard InChI is InChI=1S/C21H31N/c1-4-9-16(2)21(15-22)20-13-8-12-19(20)14-17(3)18-10-6-5-7-11-18/h5-6,17-19H,2,4,7-14H2,1,3H3/b21-20-. The highest BCUT2D eigenvalue weighted by Gasteiger charge is 2.29. The summed E-state index contributed by atoms with van der Waals surface area (Å²) in [5.41, 5.74) is 3.44. The lowest BCUT2D eigenvalue weighted by Crippen LogP contribution is -2.17. The normalized spacial score (nSPS) is 28.2. The quantitative estimate of drug-likeness (QED) is 0.414. The van der Waals surface area contributed by atoms with Crippen LogP contribution in [0.25, 0.3) is 0 Å². The van der Waals surface area contributed by atoms with Gasteiger partial charge in [-0.2, -0.15) is 5.26 Å². The fraction of sp³-hybridized carbons (Fsp3) is 0.667. The molecule has 0 aliphatic heterocycles. The average Bonchev–Trinajstić information content (AvgIpc) is 2.97. The summed E-state index contributed by atoms with van der Waals surface area (Å²) in [7, 11) is 0. The summed E-state index contributed by atoms with van der Waals surface area (Å²) in [6.07, 6.45) is 15.5. The van der Waals surface area contributed by atoms with Crippen molar-refractivity contribution < 1.29 is 0 Å². The zero-order chi connectivity index (χ0) is 15.9. The lowest BCUT2D eigenvalue weighted by Gasteiger charge is -2.28. The number of nitrogens with zero attached hydrogens (tertiary/aromatic N) is 1. The smallest absolute Gasteiger partial charge is 0.0993 e. The van der Waals surface area contributed by atoms with Crippen LogP contribution in [-0.4, -0.2) is 0 Å². The van der Waals surface area contributed by atoms with E-state index in [0.717, 1.165) is 42.2 Å². The van der Waals surface area contributed by atoms with Crippen molar-refractivity contribution in [1.29, 1.82) is 5.26 Å². The molecule has 3 atom stereocenters. The van der Waals surface area contributed by atoms with E-state index in [0.29, 0.717) is 5.92 Å². The third kappa shape index (κ3) is 4.13. The molecule has 3 unspecified atom stereocenters. The molecule has 22 heavy (non-hydrogen) atoms. The Bertz CT molecular complexity index is 489. The van der Waals surface area contributed by atoms with Crippen LogP contribution in [0, 0.1) is 29.1 Å². The minimum Gasteiger partial charge on any atom is -0.192 e. The number of hydrogen-bond donors (Lipinski definition) is 0. The minimum absolute atomic E-state index is 0.629. The molecule has 0 bridgehead atoms. The second-order valence-corrected chi connectivity index (χ2v) is 7.21.